The minimum Gasteiger partial charge on any atom is -0.493 e. The first-order valence-electron chi connectivity index (χ1n) is 13.9. The van der Waals surface area contributed by atoms with Crippen LogP contribution in [0.15, 0.2) is 36.4 Å². The van der Waals surface area contributed by atoms with E-state index in [-0.39, 0.29) is 12.2 Å². The van der Waals surface area contributed by atoms with Gasteiger partial charge in [0, 0.05) is 26.2 Å². The lowest BCUT2D eigenvalue weighted by molar-refractivity contribution is 0.0216. The Morgan fingerprint density at radius 2 is 1.60 bits per heavy atom. The number of cyclic esters (lactones) is 1. The highest BCUT2D eigenvalue weighted by molar-refractivity contribution is 5.91. The average Bonchev–Trinajstić information content (AvgIpc) is 3.20. The molecule has 2 aliphatic rings. The lowest BCUT2D eigenvalue weighted by Crippen LogP contribution is -2.34. The number of hydrogen-bond acceptors (Lipinski definition) is 9. The van der Waals surface area contributed by atoms with Crippen LogP contribution in [-0.4, -0.2) is 94.5 Å². The van der Waals surface area contributed by atoms with Gasteiger partial charge in [0.05, 0.1) is 38.6 Å². The number of fused-ring (bicyclic) bond motifs is 5. The number of methoxy groups -OCH3 is 2. The van der Waals surface area contributed by atoms with Gasteiger partial charge in [-0.15, -0.1) is 0 Å². The molecule has 4 rings (SSSR count). The summed E-state index contributed by atoms with van der Waals surface area (Å²) in [6.07, 6.45) is 3.08. The molecular formula is C30H39FN2O7. The molecule has 40 heavy (non-hydrogen) atoms. The smallest absolute Gasteiger partial charge is 0.341 e. The van der Waals surface area contributed by atoms with E-state index in [1.165, 1.54) is 26.4 Å². The number of ether oxygens (including phenoxy) is 5. The molecule has 2 heterocycles. The molecule has 218 valence electrons. The number of nitrogens with zero attached hydrogens (tertiary/aromatic N) is 2. The third-order valence-corrected chi connectivity index (χ3v) is 7.28. The van der Waals surface area contributed by atoms with Crippen LogP contribution in [0.2, 0.25) is 0 Å². The topological polar surface area (TPSA) is 86.8 Å². The molecule has 0 N–H and O–H groups in total. The van der Waals surface area contributed by atoms with Crippen LogP contribution in [0.25, 0.3) is 0 Å². The monoisotopic (exact) mass is 558 g/mol. The van der Waals surface area contributed by atoms with E-state index in [4.69, 9.17) is 23.7 Å². The standard InChI is InChI=1S/C30H39FN2O7/c1-36-26-20-22-21-27(28(26)37-2)38-18-5-8-23(40-30(35)24-9-3-4-10-25(24)31)11-15-33-13-6-12-32(16-17-33)14-7-19-39-29(22)34/h3-4,9-10,20-21,23H,5-8,11-19H2,1-2H3. The highest BCUT2D eigenvalue weighted by Gasteiger charge is 2.23. The summed E-state index contributed by atoms with van der Waals surface area (Å²) in [6.45, 7) is 5.97. The van der Waals surface area contributed by atoms with Gasteiger partial charge in [0.2, 0.25) is 5.75 Å². The Labute approximate surface area is 235 Å². The Balaban J connectivity index is 1.52. The Morgan fingerprint density at radius 3 is 2.35 bits per heavy atom. The second kappa shape index (κ2) is 14.9. The van der Waals surface area contributed by atoms with Crippen molar-refractivity contribution in [2.45, 2.75) is 38.2 Å². The quantitative estimate of drug-likeness (QED) is 0.513. The SMILES string of the molecule is COc1cc2cc(c1OC)OCCCC(OC(=O)c1ccccc1F)CCN1CCCN(CCCOC2=O)CC1. The minimum atomic E-state index is -0.665. The molecule has 10 heteroatoms. The molecule has 3 unspecified atom stereocenters. The lowest BCUT2D eigenvalue weighted by Gasteiger charge is -2.24. The number of carbonyl (C=O) groups is 2. The third kappa shape index (κ3) is 8.08. The van der Waals surface area contributed by atoms with Crippen molar-refractivity contribution >= 4 is 11.9 Å². The van der Waals surface area contributed by atoms with Gasteiger partial charge in [0.1, 0.15) is 11.9 Å². The normalized spacial score (nSPS) is 22.9. The number of rotatable bonds is 4. The van der Waals surface area contributed by atoms with E-state index >= 15 is 0 Å². The van der Waals surface area contributed by atoms with Crippen molar-refractivity contribution in [2.24, 2.45) is 0 Å². The van der Waals surface area contributed by atoms with Gasteiger partial charge in [-0.05, 0) is 69.5 Å². The van der Waals surface area contributed by atoms with Gasteiger partial charge in [-0.25, -0.2) is 14.0 Å². The fourth-order valence-corrected chi connectivity index (χ4v) is 5.09. The largest absolute Gasteiger partial charge is 0.493 e. The molecule has 1 saturated heterocycles. The molecule has 0 aliphatic carbocycles. The second-order valence-corrected chi connectivity index (χ2v) is 10.0. The molecule has 0 radical (unpaired) electrons. The lowest BCUT2D eigenvalue weighted by atomic mass is 10.1. The molecule has 9 nitrogen and oxygen atoms in total. The Bertz CT molecular complexity index is 1150. The maximum absolute atomic E-state index is 14.2. The van der Waals surface area contributed by atoms with Crippen molar-refractivity contribution in [1.29, 1.82) is 0 Å². The van der Waals surface area contributed by atoms with Crippen LogP contribution in [0.4, 0.5) is 4.39 Å². The van der Waals surface area contributed by atoms with E-state index < -0.39 is 23.9 Å². The number of halogens is 1. The van der Waals surface area contributed by atoms with Gasteiger partial charge in [0.15, 0.2) is 11.5 Å². The summed E-state index contributed by atoms with van der Waals surface area (Å²) in [5, 5.41) is 0. The number of carbonyl (C=O) groups excluding carboxylic acids is 2. The number of esters is 2. The molecule has 0 spiro atoms. The molecular weight excluding hydrogens is 519 g/mol. The first-order chi connectivity index (χ1) is 19.5. The summed E-state index contributed by atoms with van der Waals surface area (Å²) in [5.41, 5.74) is 0.243. The number of benzene rings is 2. The van der Waals surface area contributed by atoms with Gasteiger partial charge >= 0.3 is 11.9 Å². The molecule has 4 bridgehead atoms. The fraction of sp³-hybridized carbons (Fsp3) is 0.533. The maximum Gasteiger partial charge on any atom is 0.341 e. The molecule has 3 atom stereocenters. The predicted octanol–water partition coefficient (Wildman–Crippen LogP) is 4.19. The van der Waals surface area contributed by atoms with E-state index in [0.717, 1.165) is 52.1 Å². The first kappa shape index (κ1) is 29.6. The zero-order chi connectivity index (χ0) is 28.3. The van der Waals surface area contributed by atoms with Crippen molar-refractivity contribution in [1.82, 2.24) is 9.80 Å². The van der Waals surface area contributed by atoms with E-state index in [1.54, 1.807) is 24.3 Å². The van der Waals surface area contributed by atoms with Crippen LogP contribution >= 0.6 is 0 Å². The van der Waals surface area contributed by atoms with Crippen LogP contribution in [0.5, 0.6) is 17.2 Å². The van der Waals surface area contributed by atoms with E-state index in [1.807, 2.05) is 0 Å². The average molecular weight is 559 g/mol. The second-order valence-electron chi connectivity index (χ2n) is 10.0. The van der Waals surface area contributed by atoms with Crippen LogP contribution in [-0.2, 0) is 9.47 Å². The van der Waals surface area contributed by atoms with Gasteiger partial charge in [-0.3, -0.25) is 0 Å². The minimum absolute atomic E-state index is 0.0692. The molecule has 2 aromatic carbocycles. The molecule has 1 fully saturated rings. The summed E-state index contributed by atoms with van der Waals surface area (Å²) < 4.78 is 42.6. The van der Waals surface area contributed by atoms with Crippen LogP contribution in [0.1, 0.15) is 52.8 Å². The molecule has 0 aromatic heterocycles. The van der Waals surface area contributed by atoms with Crippen LogP contribution < -0.4 is 14.2 Å². The van der Waals surface area contributed by atoms with Crippen molar-refractivity contribution in [3.05, 3.63) is 53.3 Å². The van der Waals surface area contributed by atoms with Crippen molar-refractivity contribution in [2.75, 3.05) is 66.7 Å². The van der Waals surface area contributed by atoms with Crippen LogP contribution in [0.3, 0.4) is 0 Å². The zero-order valence-electron chi connectivity index (χ0n) is 23.4. The Morgan fingerprint density at radius 1 is 0.875 bits per heavy atom. The summed E-state index contributed by atoms with van der Waals surface area (Å²) in [7, 11) is 3.00. The summed E-state index contributed by atoms with van der Waals surface area (Å²) in [6, 6.07) is 9.03. The van der Waals surface area contributed by atoms with E-state index in [9.17, 15) is 14.0 Å². The fourth-order valence-electron chi connectivity index (χ4n) is 5.09. The van der Waals surface area contributed by atoms with Gasteiger partial charge in [0.25, 0.3) is 0 Å². The Kier molecular flexibility index (Phi) is 11.0. The maximum atomic E-state index is 14.2. The zero-order valence-corrected chi connectivity index (χ0v) is 23.4. The summed E-state index contributed by atoms with van der Waals surface area (Å²) >= 11 is 0. The predicted molar refractivity (Wildman–Crippen MR) is 147 cm³/mol. The highest BCUT2D eigenvalue weighted by Crippen LogP contribution is 2.39. The van der Waals surface area contributed by atoms with Crippen molar-refractivity contribution < 1.29 is 37.7 Å². The van der Waals surface area contributed by atoms with Crippen molar-refractivity contribution in [3.8, 4) is 17.2 Å². The van der Waals surface area contributed by atoms with Crippen LogP contribution in [0, 0.1) is 5.82 Å². The molecule has 2 aromatic rings. The highest BCUT2D eigenvalue weighted by atomic mass is 19.1. The summed E-state index contributed by atoms with van der Waals surface area (Å²) in [5.74, 6) is -0.617. The molecule has 2 aliphatic heterocycles. The first-order valence-corrected chi connectivity index (χ1v) is 13.9. The number of hydrogen-bond donors (Lipinski definition) is 0. The molecule has 0 amide bonds. The Hall–Kier alpha value is -3.37. The van der Waals surface area contributed by atoms with E-state index in [0.29, 0.717) is 48.7 Å². The van der Waals surface area contributed by atoms with Gasteiger partial charge in [-0.1, -0.05) is 12.1 Å². The molecule has 0 saturated carbocycles. The van der Waals surface area contributed by atoms with E-state index in [2.05, 4.69) is 9.80 Å². The van der Waals surface area contributed by atoms with Crippen molar-refractivity contribution in [3.63, 3.8) is 0 Å². The van der Waals surface area contributed by atoms with Gasteiger partial charge in [-0.2, -0.15) is 0 Å². The summed E-state index contributed by atoms with van der Waals surface area (Å²) in [4.78, 5) is 30.4. The van der Waals surface area contributed by atoms with Gasteiger partial charge < -0.3 is 33.5 Å². The third-order valence-electron chi connectivity index (χ3n) is 7.28.